The smallest absolute Gasteiger partial charge is 0.330 e. The summed E-state index contributed by atoms with van der Waals surface area (Å²) in [6.07, 6.45) is 0.683. The molecule has 0 spiro atoms. The summed E-state index contributed by atoms with van der Waals surface area (Å²) in [4.78, 5) is 15.2. The van der Waals surface area contributed by atoms with Crippen LogP contribution in [0.2, 0.25) is 0 Å². The van der Waals surface area contributed by atoms with Crippen LogP contribution in [0, 0.1) is 0 Å². The Balaban J connectivity index is 1.45. The molecule has 0 aliphatic carbocycles. The number of aromatic nitrogens is 2. The van der Waals surface area contributed by atoms with E-state index in [1.165, 1.54) is 0 Å². The Bertz CT molecular complexity index is 1060. The van der Waals surface area contributed by atoms with Gasteiger partial charge in [-0.2, -0.15) is 17.0 Å². The highest BCUT2D eigenvalue weighted by Crippen LogP contribution is 2.20. The van der Waals surface area contributed by atoms with Crippen molar-refractivity contribution >= 4 is 21.2 Å². The minimum Gasteiger partial charge on any atom is -0.373 e. The maximum atomic E-state index is 13.1. The summed E-state index contributed by atoms with van der Waals surface area (Å²) in [5.74, 6) is 0. The van der Waals surface area contributed by atoms with Crippen molar-refractivity contribution in [1.82, 2.24) is 22.6 Å². The summed E-state index contributed by atoms with van der Waals surface area (Å²) in [6, 6.07) is 7.86. The van der Waals surface area contributed by atoms with Crippen LogP contribution in [0.3, 0.4) is 0 Å². The van der Waals surface area contributed by atoms with Crippen LogP contribution in [0.25, 0.3) is 11.0 Å². The zero-order valence-electron chi connectivity index (χ0n) is 18.6. The van der Waals surface area contributed by atoms with Gasteiger partial charge in [-0.15, -0.1) is 0 Å². The minimum atomic E-state index is -3.51. The maximum Gasteiger partial charge on any atom is 0.330 e. The molecule has 0 amide bonds. The lowest BCUT2D eigenvalue weighted by Gasteiger charge is -2.40. The lowest BCUT2D eigenvalue weighted by molar-refractivity contribution is -0.0458. The molecule has 2 aromatic rings. The normalized spacial score (nSPS) is 24.7. The summed E-state index contributed by atoms with van der Waals surface area (Å²) in [5, 5.41) is 0. The van der Waals surface area contributed by atoms with Crippen LogP contribution in [0.4, 0.5) is 0 Å². The van der Waals surface area contributed by atoms with Gasteiger partial charge in [0.15, 0.2) is 0 Å². The third-order valence-corrected chi connectivity index (χ3v) is 8.05. The molecular weight excluding hydrogens is 418 g/mol. The van der Waals surface area contributed by atoms with Gasteiger partial charge in [0.2, 0.25) is 0 Å². The molecule has 2 fully saturated rings. The Kier molecular flexibility index (Phi) is 6.55. The Morgan fingerprint density at radius 3 is 2.10 bits per heavy atom. The molecule has 2 atom stereocenters. The molecule has 9 nitrogen and oxygen atoms in total. The first-order valence-corrected chi connectivity index (χ1v) is 12.5. The van der Waals surface area contributed by atoms with Gasteiger partial charge in [-0.1, -0.05) is 19.1 Å². The van der Waals surface area contributed by atoms with Crippen LogP contribution >= 0.6 is 0 Å². The van der Waals surface area contributed by atoms with E-state index in [4.69, 9.17) is 4.74 Å². The molecule has 3 heterocycles. The van der Waals surface area contributed by atoms with E-state index >= 15 is 0 Å². The quantitative estimate of drug-likeness (QED) is 0.658. The monoisotopic (exact) mass is 451 g/mol. The average molecular weight is 452 g/mol. The lowest BCUT2D eigenvalue weighted by atomic mass is 10.3. The fourth-order valence-electron chi connectivity index (χ4n) is 4.63. The van der Waals surface area contributed by atoms with Crippen molar-refractivity contribution < 1.29 is 13.2 Å². The Hall–Kier alpha value is -1.72. The van der Waals surface area contributed by atoms with E-state index < -0.39 is 10.2 Å². The van der Waals surface area contributed by atoms with Gasteiger partial charge < -0.3 is 4.74 Å². The number of rotatable bonds is 6. The molecule has 0 N–H and O–H groups in total. The van der Waals surface area contributed by atoms with Crippen molar-refractivity contribution in [3.8, 4) is 0 Å². The summed E-state index contributed by atoms with van der Waals surface area (Å²) < 4.78 is 38.7. The van der Waals surface area contributed by atoms with Crippen LogP contribution in [-0.4, -0.2) is 82.5 Å². The fraction of sp³-hybridized carbons (Fsp3) is 0.667. The number of morpholine rings is 1. The van der Waals surface area contributed by atoms with Gasteiger partial charge in [0.25, 0.3) is 10.2 Å². The highest BCUT2D eigenvalue weighted by molar-refractivity contribution is 7.86. The number of ether oxygens (including phenoxy) is 1. The molecule has 2 aliphatic rings. The second-order valence-electron chi connectivity index (χ2n) is 8.59. The van der Waals surface area contributed by atoms with Crippen LogP contribution in [0.15, 0.2) is 29.1 Å². The second kappa shape index (κ2) is 9.03. The number of piperazine rings is 1. The molecule has 4 rings (SSSR count). The van der Waals surface area contributed by atoms with E-state index in [1.54, 1.807) is 13.2 Å². The van der Waals surface area contributed by atoms with Gasteiger partial charge in [-0.25, -0.2) is 4.79 Å². The van der Waals surface area contributed by atoms with Crippen LogP contribution in [0.5, 0.6) is 0 Å². The van der Waals surface area contributed by atoms with E-state index in [0.717, 1.165) is 17.5 Å². The number of fused-ring (bicyclic) bond motifs is 1. The fourth-order valence-corrected chi connectivity index (χ4v) is 6.38. The Labute approximate surface area is 184 Å². The third-order valence-electron chi connectivity index (χ3n) is 6.08. The lowest BCUT2D eigenvalue weighted by Crippen LogP contribution is -2.57. The van der Waals surface area contributed by atoms with Gasteiger partial charge in [0.05, 0.1) is 29.9 Å². The molecule has 10 heteroatoms. The van der Waals surface area contributed by atoms with Gasteiger partial charge in [-0.05, 0) is 32.4 Å². The van der Waals surface area contributed by atoms with E-state index in [-0.39, 0.29) is 17.9 Å². The van der Waals surface area contributed by atoms with E-state index in [0.29, 0.717) is 52.5 Å². The van der Waals surface area contributed by atoms with Crippen LogP contribution in [0.1, 0.15) is 27.2 Å². The van der Waals surface area contributed by atoms with Crippen molar-refractivity contribution in [2.75, 3.05) is 39.3 Å². The summed E-state index contributed by atoms with van der Waals surface area (Å²) in [5.41, 5.74) is 1.87. The largest absolute Gasteiger partial charge is 0.373 e. The molecule has 2 saturated heterocycles. The molecule has 2 aliphatic heterocycles. The number of nitrogens with zero attached hydrogens (tertiary/aromatic N) is 5. The first-order chi connectivity index (χ1) is 14.8. The average Bonchev–Trinajstić information content (AvgIpc) is 3.00. The Morgan fingerprint density at radius 2 is 1.52 bits per heavy atom. The predicted octanol–water partition coefficient (Wildman–Crippen LogP) is 1.14. The number of para-hydroxylation sites is 2. The van der Waals surface area contributed by atoms with Crippen LogP contribution < -0.4 is 5.69 Å². The first-order valence-electron chi connectivity index (χ1n) is 11.1. The number of benzene rings is 1. The van der Waals surface area contributed by atoms with Crippen LogP contribution in [-0.2, 0) is 28.2 Å². The number of hydrogen-bond acceptors (Lipinski definition) is 5. The molecule has 0 radical (unpaired) electrons. The SMILES string of the molecule is CCCn1c(=O)n(CN2CCN(S(=O)(=O)N3CC(C)OC(C)C3)CC2)c2ccccc21. The molecule has 0 bridgehead atoms. The van der Waals surface area contributed by atoms with Gasteiger partial charge in [-0.3, -0.25) is 14.0 Å². The number of aryl methyl sites for hydroxylation is 1. The van der Waals surface area contributed by atoms with Gasteiger partial charge in [0, 0.05) is 45.8 Å². The molecule has 1 aromatic heterocycles. The highest BCUT2D eigenvalue weighted by Gasteiger charge is 2.36. The summed E-state index contributed by atoms with van der Waals surface area (Å²) in [6.45, 7) is 9.83. The van der Waals surface area contributed by atoms with Crippen molar-refractivity contribution in [1.29, 1.82) is 0 Å². The van der Waals surface area contributed by atoms with E-state index in [2.05, 4.69) is 11.8 Å². The summed E-state index contributed by atoms with van der Waals surface area (Å²) in [7, 11) is -3.51. The standard InChI is InChI=1S/C21H33N5O4S/c1-4-9-25-19-7-5-6-8-20(19)26(21(25)27)16-22-10-12-23(13-11-22)31(28,29)24-14-17(2)30-18(3)15-24/h5-8,17-18H,4,9-16H2,1-3H3. The van der Waals surface area contributed by atoms with Gasteiger partial charge in [0.1, 0.15) is 0 Å². The Morgan fingerprint density at radius 1 is 0.935 bits per heavy atom. The van der Waals surface area contributed by atoms with Crippen molar-refractivity contribution in [3.63, 3.8) is 0 Å². The van der Waals surface area contributed by atoms with Crippen molar-refractivity contribution in [3.05, 3.63) is 34.7 Å². The molecule has 0 saturated carbocycles. The number of hydrogen-bond donors (Lipinski definition) is 0. The summed E-state index contributed by atoms with van der Waals surface area (Å²) >= 11 is 0. The molecule has 1 aromatic carbocycles. The van der Waals surface area contributed by atoms with Crippen molar-refractivity contribution in [2.24, 2.45) is 0 Å². The van der Waals surface area contributed by atoms with E-state index in [1.807, 2.05) is 42.7 Å². The first kappa shape index (κ1) is 22.5. The van der Waals surface area contributed by atoms with Gasteiger partial charge >= 0.3 is 5.69 Å². The minimum absolute atomic E-state index is 0.00519. The van der Waals surface area contributed by atoms with Crippen molar-refractivity contribution in [2.45, 2.75) is 52.6 Å². The maximum absolute atomic E-state index is 13.1. The zero-order chi connectivity index (χ0) is 22.2. The molecule has 31 heavy (non-hydrogen) atoms. The molecule has 172 valence electrons. The number of imidazole rings is 1. The predicted molar refractivity (Wildman–Crippen MR) is 120 cm³/mol. The van der Waals surface area contributed by atoms with E-state index in [9.17, 15) is 13.2 Å². The third kappa shape index (κ3) is 4.45. The molecular formula is C21H33N5O4S. The second-order valence-corrected chi connectivity index (χ2v) is 10.5. The molecule has 2 unspecified atom stereocenters. The zero-order valence-corrected chi connectivity index (χ0v) is 19.4. The topological polar surface area (TPSA) is 80.0 Å². The highest BCUT2D eigenvalue weighted by atomic mass is 32.2.